The molecule has 0 spiro atoms. The van der Waals surface area contributed by atoms with Gasteiger partial charge in [-0.25, -0.2) is 4.68 Å². The van der Waals surface area contributed by atoms with Gasteiger partial charge in [-0.2, -0.15) is 5.10 Å². The third kappa shape index (κ3) is 5.30. The molecule has 4 nitrogen and oxygen atoms in total. The minimum atomic E-state index is -0.578. The van der Waals surface area contributed by atoms with E-state index in [0.29, 0.717) is 14.8 Å². The molecule has 138 valence electrons. The van der Waals surface area contributed by atoms with Gasteiger partial charge >= 0.3 is 0 Å². The fourth-order valence-electron chi connectivity index (χ4n) is 3.00. The molecule has 0 saturated heterocycles. The van der Waals surface area contributed by atoms with Crippen LogP contribution in [0.3, 0.4) is 0 Å². The van der Waals surface area contributed by atoms with E-state index < -0.39 is 6.10 Å². The molecule has 1 aromatic heterocycles. The van der Waals surface area contributed by atoms with Gasteiger partial charge in [0.15, 0.2) is 4.77 Å². The predicted octanol–water partition coefficient (Wildman–Crippen LogP) is 5.46. The SMILES string of the molecule is C[C@H](Cc1ccc(Cl)cc1Cl)C[C@@H](C(O)C(C)(C)C)n1nc[nH]c1=S. The molecule has 3 atom stereocenters. The second-order valence-corrected chi connectivity index (χ2v) is 8.93. The van der Waals surface area contributed by atoms with Crippen molar-refractivity contribution in [3.8, 4) is 0 Å². The molecule has 0 aliphatic heterocycles. The van der Waals surface area contributed by atoms with E-state index in [1.165, 1.54) is 0 Å². The third-order valence-electron chi connectivity index (χ3n) is 4.37. The summed E-state index contributed by atoms with van der Waals surface area (Å²) in [5.74, 6) is 0.277. The van der Waals surface area contributed by atoms with Crippen LogP contribution in [0.5, 0.6) is 0 Å². The Balaban J connectivity index is 2.21. The van der Waals surface area contributed by atoms with Crippen LogP contribution in [0, 0.1) is 16.1 Å². The largest absolute Gasteiger partial charge is 0.390 e. The summed E-state index contributed by atoms with van der Waals surface area (Å²) >= 11 is 17.6. The molecular weight excluding hydrogens is 377 g/mol. The van der Waals surface area contributed by atoms with Gasteiger partial charge in [0.05, 0.1) is 12.1 Å². The van der Waals surface area contributed by atoms with Crippen molar-refractivity contribution in [2.24, 2.45) is 11.3 Å². The number of aromatic nitrogens is 3. The van der Waals surface area contributed by atoms with Crippen LogP contribution in [0.2, 0.25) is 10.0 Å². The fraction of sp³-hybridized carbons (Fsp3) is 0.556. The molecule has 0 aliphatic carbocycles. The van der Waals surface area contributed by atoms with Crippen molar-refractivity contribution in [3.63, 3.8) is 0 Å². The van der Waals surface area contributed by atoms with Crippen molar-refractivity contribution in [2.75, 3.05) is 0 Å². The van der Waals surface area contributed by atoms with Crippen molar-refractivity contribution in [1.29, 1.82) is 0 Å². The van der Waals surface area contributed by atoms with E-state index in [4.69, 9.17) is 35.4 Å². The molecule has 0 saturated carbocycles. The van der Waals surface area contributed by atoms with E-state index in [0.717, 1.165) is 18.4 Å². The minimum absolute atomic E-state index is 0.208. The highest BCUT2D eigenvalue weighted by Gasteiger charge is 2.33. The van der Waals surface area contributed by atoms with Gasteiger partial charge in [-0.1, -0.05) is 57.0 Å². The van der Waals surface area contributed by atoms with Crippen molar-refractivity contribution in [1.82, 2.24) is 14.8 Å². The summed E-state index contributed by atoms with van der Waals surface area (Å²) in [6.07, 6.45) is 2.51. The smallest absolute Gasteiger partial charge is 0.195 e. The number of halogens is 2. The van der Waals surface area contributed by atoms with Gasteiger partial charge in [0.2, 0.25) is 0 Å². The summed E-state index contributed by atoms with van der Waals surface area (Å²) in [5.41, 5.74) is 0.768. The molecule has 2 rings (SSSR count). The lowest BCUT2D eigenvalue weighted by atomic mass is 9.81. The number of benzene rings is 1. The van der Waals surface area contributed by atoms with Crippen molar-refractivity contribution in [2.45, 2.75) is 52.7 Å². The molecule has 1 aromatic carbocycles. The minimum Gasteiger partial charge on any atom is -0.390 e. The standard InChI is InChI=1S/C18H25Cl2N3OS/c1-11(7-12-5-6-13(19)9-14(12)20)8-15(16(24)18(2,3)4)23-17(25)21-10-22-23/h5-6,9-11,15-16,24H,7-8H2,1-4H3,(H,21,22,25)/t11-,15+,16?/m1/s1. The number of H-pyrrole nitrogens is 1. The Hall–Kier alpha value is -0.880. The van der Waals surface area contributed by atoms with E-state index >= 15 is 0 Å². The van der Waals surface area contributed by atoms with Gasteiger partial charge in [-0.3, -0.25) is 0 Å². The molecule has 1 heterocycles. The Bertz CT molecular complexity index is 766. The van der Waals surface area contributed by atoms with Crippen LogP contribution in [0.4, 0.5) is 0 Å². The van der Waals surface area contributed by atoms with Gasteiger partial charge in [0.25, 0.3) is 0 Å². The normalized spacial score (nSPS) is 15.8. The van der Waals surface area contributed by atoms with E-state index in [9.17, 15) is 5.11 Å². The number of nitrogens with zero attached hydrogens (tertiary/aromatic N) is 2. The van der Waals surface area contributed by atoms with E-state index in [1.807, 2.05) is 32.9 Å². The first kappa shape index (κ1) is 20.4. The van der Waals surface area contributed by atoms with Gasteiger partial charge in [0.1, 0.15) is 6.33 Å². The Morgan fingerprint density at radius 1 is 1.32 bits per heavy atom. The number of aliphatic hydroxyl groups is 1. The van der Waals surface area contributed by atoms with Crippen molar-refractivity contribution in [3.05, 3.63) is 44.9 Å². The average molecular weight is 402 g/mol. The highest BCUT2D eigenvalue weighted by atomic mass is 35.5. The van der Waals surface area contributed by atoms with E-state index in [-0.39, 0.29) is 17.4 Å². The molecule has 0 radical (unpaired) electrons. The Morgan fingerprint density at radius 2 is 2.00 bits per heavy atom. The third-order valence-corrected chi connectivity index (χ3v) is 5.26. The summed E-state index contributed by atoms with van der Waals surface area (Å²) in [5, 5.41) is 16.5. The first-order valence-corrected chi connectivity index (χ1v) is 9.50. The van der Waals surface area contributed by atoms with Gasteiger partial charge in [-0.15, -0.1) is 0 Å². The summed E-state index contributed by atoms with van der Waals surface area (Å²) in [6.45, 7) is 8.19. The Kier molecular flexibility index (Phi) is 6.71. The van der Waals surface area contributed by atoms with Crippen molar-refractivity contribution < 1.29 is 5.11 Å². The lowest BCUT2D eigenvalue weighted by molar-refractivity contribution is 0.00389. The van der Waals surface area contributed by atoms with Gasteiger partial charge in [0, 0.05) is 10.0 Å². The summed E-state index contributed by atoms with van der Waals surface area (Å²) in [4.78, 5) is 2.91. The number of hydrogen-bond acceptors (Lipinski definition) is 3. The lowest BCUT2D eigenvalue weighted by Gasteiger charge is -2.34. The number of aromatic amines is 1. The predicted molar refractivity (Wildman–Crippen MR) is 106 cm³/mol. The molecule has 2 aromatic rings. The summed E-state index contributed by atoms with van der Waals surface area (Å²) in [6, 6.07) is 5.35. The second-order valence-electron chi connectivity index (χ2n) is 7.70. The maximum absolute atomic E-state index is 10.9. The molecule has 2 N–H and O–H groups in total. The molecule has 0 fully saturated rings. The van der Waals surface area contributed by atoms with Crippen LogP contribution in [0.15, 0.2) is 24.5 Å². The van der Waals surface area contributed by atoms with E-state index in [2.05, 4.69) is 17.0 Å². The zero-order valence-corrected chi connectivity index (χ0v) is 17.3. The van der Waals surface area contributed by atoms with Crippen LogP contribution in [0.1, 0.15) is 45.7 Å². The first-order chi connectivity index (χ1) is 11.6. The van der Waals surface area contributed by atoms with Gasteiger partial charge < -0.3 is 10.1 Å². The molecule has 0 bridgehead atoms. The van der Waals surface area contributed by atoms with E-state index in [1.54, 1.807) is 17.1 Å². The highest BCUT2D eigenvalue weighted by Crippen LogP contribution is 2.34. The number of hydrogen-bond donors (Lipinski definition) is 2. The topological polar surface area (TPSA) is 53.8 Å². The quantitative estimate of drug-likeness (QED) is 0.631. The summed E-state index contributed by atoms with van der Waals surface area (Å²) < 4.78 is 2.23. The lowest BCUT2D eigenvalue weighted by Crippen LogP contribution is -2.37. The van der Waals surface area contributed by atoms with Crippen molar-refractivity contribution >= 4 is 35.4 Å². The van der Waals surface area contributed by atoms with Crippen LogP contribution in [-0.4, -0.2) is 26.0 Å². The second kappa shape index (κ2) is 8.21. The Morgan fingerprint density at radius 3 is 2.52 bits per heavy atom. The zero-order chi connectivity index (χ0) is 18.8. The fourth-order valence-corrected chi connectivity index (χ4v) is 3.72. The summed E-state index contributed by atoms with van der Waals surface area (Å²) in [7, 11) is 0. The molecule has 7 heteroatoms. The average Bonchev–Trinajstić information content (AvgIpc) is 2.92. The van der Waals surface area contributed by atoms with Crippen LogP contribution < -0.4 is 0 Å². The van der Waals surface area contributed by atoms with Crippen LogP contribution in [-0.2, 0) is 6.42 Å². The number of aliphatic hydroxyl groups excluding tert-OH is 1. The zero-order valence-electron chi connectivity index (χ0n) is 15.0. The molecular formula is C18H25Cl2N3OS. The molecule has 25 heavy (non-hydrogen) atoms. The monoisotopic (exact) mass is 401 g/mol. The van der Waals surface area contributed by atoms with Crippen LogP contribution in [0.25, 0.3) is 0 Å². The first-order valence-electron chi connectivity index (χ1n) is 8.33. The molecule has 1 unspecified atom stereocenters. The number of rotatable bonds is 6. The Labute approximate surface area is 164 Å². The number of nitrogens with one attached hydrogen (secondary N) is 1. The van der Waals surface area contributed by atoms with Crippen LogP contribution >= 0.6 is 35.4 Å². The highest BCUT2D eigenvalue weighted by molar-refractivity contribution is 7.71. The van der Waals surface area contributed by atoms with Gasteiger partial charge in [-0.05, 0) is 54.1 Å². The maximum Gasteiger partial charge on any atom is 0.195 e. The maximum atomic E-state index is 10.9. The molecule has 0 amide bonds. The molecule has 0 aliphatic rings.